The first-order valence-corrected chi connectivity index (χ1v) is 13.3. The first-order chi connectivity index (χ1) is 16.8. The fourth-order valence-corrected chi connectivity index (χ4v) is 5.87. The highest BCUT2D eigenvalue weighted by Crippen LogP contribution is 2.29. The van der Waals surface area contributed by atoms with Crippen molar-refractivity contribution < 1.29 is 17.9 Å². The molecule has 4 rings (SSSR count). The van der Waals surface area contributed by atoms with Gasteiger partial charge in [0.2, 0.25) is 10.0 Å². The average molecular weight is 493 g/mol. The Kier molecular flexibility index (Phi) is 7.57. The number of nitrogens with zero attached hydrogens (tertiary/aromatic N) is 1. The van der Waals surface area contributed by atoms with Crippen molar-refractivity contribution in [2.75, 3.05) is 20.2 Å². The summed E-state index contributed by atoms with van der Waals surface area (Å²) < 4.78 is 33.6. The Morgan fingerprint density at radius 3 is 2.23 bits per heavy atom. The quantitative estimate of drug-likeness (QED) is 0.507. The second-order valence-corrected chi connectivity index (χ2v) is 11.1. The Balaban J connectivity index is 1.67. The van der Waals surface area contributed by atoms with Gasteiger partial charge in [-0.25, -0.2) is 8.42 Å². The highest BCUT2D eigenvalue weighted by atomic mass is 32.2. The number of carbonyl (C=O) groups is 1. The molecule has 1 N–H and O–H groups in total. The molecule has 1 aliphatic rings. The molecule has 6 nitrogen and oxygen atoms in total. The lowest BCUT2D eigenvalue weighted by molar-refractivity contribution is 0.0939. The van der Waals surface area contributed by atoms with Crippen LogP contribution in [-0.4, -0.2) is 38.8 Å². The van der Waals surface area contributed by atoms with Crippen LogP contribution in [0.25, 0.3) is 0 Å². The van der Waals surface area contributed by atoms with Crippen LogP contribution in [0.1, 0.15) is 52.9 Å². The summed E-state index contributed by atoms with van der Waals surface area (Å²) in [6.07, 6.45) is 1.66. The fourth-order valence-electron chi connectivity index (χ4n) is 4.37. The van der Waals surface area contributed by atoms with Crippen molar-refractivity contribution in [3.8, 4) is 5.75 Å². The van der Waals surface area contributed by atoms with E-state index < -0.39 is 22.0 Å². The third-order valence-corrected chi connectivity index (χ3v) is 8.51. The van der Waals surface area contributed by atoms with Crippen molar-refractivity contribution >= 4 is 15.9 Å². The van der Waals surface area contributed by atoms with E-state index in [1.807, 2.05) is 61.5 Å². The minimum atomic E-state index is -3.71. The van der Waals surface area contributed by atoms with Crippen molar-refractivity contribution in [2.45, 2.75) is 37.6 Å². The van der Waals surface area contributed by atoms with Crippen LogP contribution in [-0.2, 0) is 10.0 Å². The van der Waals surface area contributed by atoms with E-state index in [2.05, 4.69) is 12.2 Å². The van der Waals surface area contributed by atoms with Crippen LogP contribution in [0, 0.1) is 12.8 Å². The minimum absolute atomic E-state index is 0.101. The van der Waals surface area contributed by atoms with Crippen molar-refractivity contribution in [3.63, 3.8) is 0 Å². The van der Waals surface area contributed by atoms with Crippen LogP contribution in [0.15, 0.2) is 77.7 Å². The molecule has 1 saturated heterocycles. The molecular weight excluding hydrogens is 460 g/mol. The van der Waals surface area contributed by atoms with Gasteiger partial charge in [0.1, 0.15) is 5.75 Å². The molecule has 1 heterocycles. The first-order valence-electron chi connectivity index (χ1n) is 11.9. The summed E-state index contributed by atoms with van der Waals surface area (Å²) in [7, 11) is -2.23. The Morgan fingerprint density at radius 2 is 1.60 bits per heavy atom. The van der Waals surface area contributed by atoms with E-state index in [0.29, 0.717) is 24.8 Å². The number of amides is 1. The number of hydrogen-bond donors (Lipinski definition) is 1. The second kappa shape index (κ2) is 10.6. The number of ether oxygens (including phenoxy) is 1. The van der Waals surface area contributed by atoms with Crippen LogP contribution in [0.2, 0.25) is 0 Å². The summed E-state index contributed by atoms with van der Waals surface area (Å²) in [5, 5.41) is 3.10. The molecule has 0 radical (unpaired) electrons. The molecule has 0 unspecified atom stereocenters. The maximum absolute atomic E-state index is 13.5. The molecule has 3 aromatic carbocycles. The zero-order chi connectivity index (χ0) is 25.0. The molecule has 1 amide bonds. The zero-order valence-electron chi connectivity index (χ0n) is 20.4. The third kappa shape index (κ3) is 5.57. The van der Waals surface area contributed by atoms with Gasteiger partial charge in [0.05, 0.1) is 23.6 Å². The van der Waals surface area contributed by atoms with Gasteiger partial charge in [0.25, 0.3) is 5.91 Å². The normalized spacial score (nSPS) is 16.0. The number of piperidine rings is 1. The van der Waals surface area contributed by atoms with Crippen LogP contribution < -0.4 is 10.1 Å². The Morgan fingerprint density at radius 1 is 0.971 bits per heavy atom. The summed E-state index contributed by atoms with van der Waals surface area (Å²) in [6, 6.07) is 21.8. The summed E-state index contributed by atoms with van der Waals surface area (Å²) in [6.45, 7) is 5.12. The van der Waals surface area contributed by atoms with Gasteiger partial charge in [-0.05, 0) is 55.0 Å². The van der Waals surface area contributed by atoms with E-state index in [1.54, 1.807) is 6.07 Å². The predicted octanol–water partition coefficient (Wildman–Crippen LogP) is 4.94. The molecule has 0 saturated carbocycles. The minimum Gasteiger partial charge on any atom is -0.496 e. The van der Waals surface area contributed by atoms with Gasteiger partial charge < -0.3 is 10.1 Å². The van der Waals surface area contributed by atoms with Gasteiger partial charge in [0.15, 0.2) is 0 Å². The van der Waals surface area contributed by atoms with E-state index in [9.17, 15) is 13.2 Å². The standard InChI is InChI=1S/C28H32N2O4S/c1-20-9-11-23(12-10-20)27(22-7-5-4-6-8-22)29-28(31)25-19-24(13-14-26(25)34-3)35(32,33)30-17-15-21(2)16-18-30/h4-14,19,21,27H,15-18H2,1-3H3,(H,29,31)/t27-/m0/s1. The number of hydrogen-bond acceptors (Lipinski definition) is 4. The Hall–Kier alpha value is -3.16. The van der Waals surface area contributed by atoms with E-state index in [-0.39, 0.29) is 10.5 Å². The largest absolute Gasteiger partial charge is 0.496 e. The Bertz CT molecular complexity index is 1270. The average Bonchev–Trinajstić information content (AvgIpc) is 2.88. The second-order valence-electron chi connectivity index (χ2n) is 9.18. The number of carbonyl (C=O) groups excluding carboxylic acids is 1. The molecule has 1 atom stereocenters. The van der Waals surface area contributed by atoms with E-state index in [4.69, 9.17) is 4.74 Å². The molecule has 1 aliphatic heterocycles. The number of aryl methyl sites for hydroxylation is 1. The van der Waals surface area contributed by atoms with Gasteiger partial charge in [0, 0.05) is 13.1 Å². The molecule has 0 aliphatic carbocycles. The molecule has 0 bridgehead atoms. The molecule has 184 valence electrons. The number of benzene rings is 3. The van der Waals surface area contributed by atoms with Gasteiger partial charge in [-0.3, -0.25) is 4.79 Å². The monoisotopic (exact) mass is 492 g/mol. The highest BCUT2D eigenvalue weighted by Gasteiger charge is 2.30. The predicted molar refractivity (Wildman–Crippen MR) is 137 cm³/mol. The summed E-state index contributed by atoms with van der Waals surface area (Å²) in [4.78, 5) is 13.6. The number of rotatable bonds is 7. The van der Waals surface area contributed by atoms with Gasteiger partial charge in [-0.1, -0.05) is 67.1 Å². The van der Waals surface area contributed by atoms with E-state index >= 15 is 0 Å². The van der Waals surface area contributed by atoms with Crippen LogP contribution in [0.3, 0.4) is 0 Å². The van der Waals surface area contributed by atoms with Crippen molar-refractivity contribution in [1.82, 2.24) is 9.62 Å². The fraction of sp³-hybridized carbons (Fsp3) is 0.321. The molecule has 0 aromatic heterocycles. The van der Waals surface area contributed by atoms with Gasteiger partial charge >= 0.3 is 0 Å². The molecule has 7 heteroatoms. The van der Waals surface area contributed by atoms with E-state index in [1.165, 1.54) is 23.5 Å². The van der Waals surface area contributed by atoms with E-state index in [0.717, 1.165) is 29.5 Å². The lowest BCUT2D eigenvalue weighted by atomic mass is 9.97. The van der Waals surface area contributed by atoms with Crippen molar-refractivity contribution in [1.29, 1.82) is 0 Å². The highest BCUT2D eigenvalue weighted by molar-refractivity contribution is 7.89. The van der Waals surface area contributed by atoms with Crippen LogP contribution >= 0.6 is 0 Å². The topological polar surface area (TPSA) is 75.7 Å². The summed E-state index contributed by atoms with van der Waals surface area (Å²) in [5.74, 6) is 0.431. The number of sulfonamides is 1. The maximum atomic E-state index is 13.5. The third-order valence-electron chi connectivity index (χ3n) is 6.61. The number of methoxy groups -OCH3 is 1. The Labute approximate surface area is 208 Å². The lowest BCUT2D eigenvalue weighted by Gasteiger charge is -2.29. The van der Waals surface area contributed by atoms with Crippen LogP contribution in [0.5, 0.6) is 5.75 Å². The van der Waals surface area contributed by atoms with Gasteiger partial charge in [-0.15, -0.1) is 0 Å². The van der Waals surface area contributed by atoms with Crippen molar-refractivity contribution in [2.24, 2.45) is 5.92 Å². The molecular formula is C28H32N2O4S. The first kappa shape index (κ1) is 24.9. The van der Waals surface area contributed by atoms with Gasteiger partial charge in [-0.2, -0.15) is 4.31 Å². The smallest absolute Gasteiger partial charge is 0.255 e. The molecule has 3 aromatic rings. The summed E-state index contributed by atoms with van der Waals surface area (Å²) >= 11 is 0. The van der Waals surface area contributed by atoms with Crippen molar-refractivity contribution in [3.05, 3.63) is 95.1 Å². The lowest BCUT2D eigenvalue weighted by Crippen LogP contribution is -2.38. The van der Waals surface area contributed by atoms with Crippen LogP contribution in [0.4, 0.5) is 0 Å². The number of nitrogens with one attached hydrogen (secondary N) is 1. The maximum Gasteiger partial charge on any atom is 0.255 e. The SMILES string of the molecule is COc1ccc(S(=O)(=O)N2CCC(C)CC2)cc1C(=O)N[C@@H](c1ccccc1)c1ccc(C)cc1. The molecule has 1 fully saturated rings. The zero-order valence-corrected chi connectivity index (χ0v) is 21.2. The molecule has 35 heavy (non-hydrogen) atoms. The molecule has 0 spiro atoms. The summed E-state index contributed by atoms with van der Waals surface area (Å²) in [5.41, 5.74) is 3.17.